The maximum atomic E-state index is 13.8. The van der Waals surface area contributed by atoms with Gasteiger partial charge in [0.25, 0.3) is 5.91 Å². The molecule has 0 saturated carbocycles. The predicted molar refractivity (Wildman–Crippen MR) is 167 cm³/mol. The third kappa shape index (κ3) is 9.26. The van der Waals surface area contributed by atoms with Crippen molar-refractivity contribution in [2.24, 2.45) is 0 Å². The second-order valence-corrected chi connectivity index (χ2v) is 12.5. The van der Waals surface area contributed by atoms with Crippen molar-refractivity contribution in [3.05, 3.63) is 95.0 Å². The lowest BCUT2D eigenvalue weighted by molar-refractivity contribution is -0.143. The number of sulfonamides is 1. The van der Waals surface area contributed by atoms with E-state index in [1.807, 2.05) is 25.1 Å². The van der Waals surface area contributed by atoms with E-state index >= 15 is 0 Å². The van der Waals surface area contributed by atoms with Gasteiger partial charge in [-0.2, -0.15) is 4.31 Å². The molecule has 1 heterocycles. The van der Waals surface area contributed by atoms with Crippen molar-refractivity contribution in [1.82, 2.24) is 14.5 Å². The van der Waals surface area contributed by atoms with Crippen molar-refractivity contribution in [2.75, 3.05) is 52.7 Å². The highest BCUT2D eigenvalue weighted by atomic mass is 35.5. The molecule has 1 saturated heterocycles. The first kappa shape index (κ1) is 33.4. The van der Waals surface area contributed by atoms with Gasteiger partial charge >= 0.3 is 0 Å². The van der Waals surface area contributed by atoms with Gasteiger partial charge in [0.1, 0.15) is 11.8 Å². The van der Waals surface area contributed by atoms with Crippen LogP contribution in [-0.4, -0.2) is 82.1 Å². The zero-order valence-electron chi connectivity index (χ0n) is 24.7. The van der Waals surface area contributed by atoms with Crippen LogP contribution in [0.15, 0.2) is 83.8 Å². The zero-order chi connectivity index (χ0) is 31.4. The quantitative estimate of drug-likeness (QED) is 0.249. The normalized spacial score (nSPS) is 14.5. The summed E-state index contributed by atoms with van der Waals surface area (Å²) in [6.45, 7) is 4.45. The third-order valence-corrected chi connectivity index (χ3v) is 9.19. The third-order valence-electron chi connectivity index (χ3n) is 7.02. The number of hydrogen-bond donors (Lipinski definition) is 1. The van der Waals surface area contributed by atoms with Crippen molar-refractivity contribution >= 4 is 33.4 Å². The minimum atomic E-state index is -3.66. The van der Waals surface area contributed by atoms with E-state index in [1.54, 1.807) is 36.4 Å². The Balaban J connectivity index is 1.53. The molecule has 2 amide bonds. The van der Waals surface area contributed by atoms with Crippen molar-refractivity contribution < 1.29 is 32.2 Å². The molecule has 0 spiro atoms. The van der Waals surface area contributed by atoms with E-state index in [9.17, 15) is 18.0 Å². The topological polar surface area (TPSA) is 114 Å². The van der Waals surface area contributed by atoms with Crippen molar-refractivity contribution in [1.29, 1.82) is 0 Å². The van der Waals surface area contributed by atoms with E-state index in [-0.39, 0.29) is 24.0 Å². The lowest BCUT2D eigenvalue weighted by Crippen LogP contribution is -2.45. The van der Waals surface area contributed by atoms with Crippen LogP contribution in [0.1, 0.15) is 30.5 Å². The summed E-state index contributed by atoms with van der Waals surface area (Å²) in [5.41, 5.74) is 1.43. The van der Waals surface area contributed by atoms with Gasteiger partial charge < -0.3 is 24.4 Å². The predicted octanol–water partition coefficient (Wildman–Crippen LogP) is 4.05. The minimum Gasteiger partial charge on any atom is -0.484 e. The number of carbonyl (C=O) groups excluding carboxylic acids is 2. The Hall–Kier alpha value is -3.48. The molecule has 10 nitrogen and oxygen atoms in total. The average molecular weight is 644 g/mol. The molecular weight excluding hydrogens is 606 g/mol. The molecule has 4 rings (SSSR count). The summed E-state index contributed by atoms with van der Waals surface area (Å²) in [4.78, 5) is 29.1. The molecule has 0 bridgehead atoms. The number of ether oxygens (including phenoxy) is 3. The summed E-state index contributed by atoms with van der Waals surface area (Å²) < 4.78 is 43.8. The first-order chi connectivity index (χ1) is 21.3. The van der Waals surface area contributed by atoms with Gasteiger partial charge in [-0.3, -0.25) is 9.59 Å². The number of benzene rings is 3. The largest absolute Gasteiger partial charge is 0.484 e. The zero-order valence-corrected chi connectivity index (χ0v) is 26.3. The maximum Gasteiger partial charge on any atom is 0.261 e. The standard InChI is InChI=1S/C32H38ClN3O7S/c1-2-41-20-6-17-34-32(38)31(26-7-4-3-5-8-26)36(23-25-9-11-27(33)12-10-25)30(37)24-43-28-13-15-29(16-14-28)44(39,40)35-18-21-42-22-19-35/h3-5,7-16,31H,2,6,17-24H2,1H3,(H,34,38)/t31-/m1/s1. The molecule has 1 N–H and O–H groups in total. The fourth-order valence-corrected chi connectivity index (χ4v) is 6.25. The summed E-state index contributed by atoms with van der Waals surface area (Å²) in [7, 11) is -3.66. The first-order valence-corrected chi connectivity index (χ1v) is 16.4. The first-order valence-electron chi connectivity index (χ1n) is 14.5. The molecule has 1 fully saturated rings. The molecule has 236 valence electrons. The van der Waals surface area contributed by atoms with Gasteiger partial charge in [-0.05, 0) is 60.9 Å². The van der Waals surface area contributed by atoms with Gasteiger partial charge in [0, 0.05) is 44.4 Å². The van der Waals surface area contributed by atoms with E-state index in [4.69, 9.17) is 25.8 Å². The van der Waals surface area contributed by atoms with Crippen molar-refractivity contribution in [2.45, 2.75) is 30.8 Å². The smallest absolute Gasteiger partial charge is 0.261 e. The van der Waals surface area contributed by atoms with E-state index in [1.165, 1.54) is 33.5 Å². The van der Waals surface area contributed by atoms with Gasteiger partial charge in [0.15, 0.2) is 6.61 Å². The molecular formula is C32H38ClN3O7S. The minimum absolute atomic E-state index is 0.127. The van der Waals surface area contributed by atoms with Crippen LogP contribution in [0.3, 0.4) is 0 Å². The molecule has 0 aliphatic carbocycles. The molecule has 0 unspecified atom stereocenters. The van der Waals surface area contributed by atoms with Crippen LogP contribution in [0.5, 0.6) is 5.75 Å². The summed E-state index contributed by atoms with van der Waals surface area (Å²) >= 11 is 6.09. The van der Waals surface area contributed by atoms with E-state index in [0.29, 0.717) is 68.8 Å². The van der Waals surface area contributed by atoms with Crippen LogP contribution in [0, 0.1) is 0 Å². The molecule has 1 atom stereocenters. The second kappa shape index (κ2) is 16.6. The Bertz CT molecular complexity index is 1450. The Morgan fingerprint density at radius 2 is 1.68 bits per heavy atom. The van der Waals surface area contributed by atoms with Crippen LogP contribution < -0.4 is 10.1 Å². The lowest BCUT2D eigenvalue weighted by Gasteiger charge is -2.31. The number of carbonyl (C=O) groups is 2. The fraction of sp³-hybridized carbons (Fsp3) is 0.375. The molecule has 44 heavy (non-hydrogen) atoms. The van der Waals surface area contributed by atoms with Crippen LogP contribution in [0.4, 0.5) is 0 Å². The van der Waals surface area contributed by atoms with Gasteiger partial charge in [-0.15, -0.1) is 0 Å². The van der Waals surface area contributed by atoms with Crippen LogP contribution in [-0.2, 0) is 35.6 Å². The van der Waals surface area contributed by atoms with E-state index in [2.05, 4.69) is 5.32 Å². The number of amides is 2. The SMILES string of the molecule is CCOCCCNC(=O)[C@@H](c1ccccc1)N(Cc1ccc(Cl)cc1)C(=O)COc1ccc(S(=O)(=O)N2CCOCC2)cc1. The van der Waals surface area contributed by atoms with Crippen LogP contribution in [0.2, 0.25) is 5.02 Å². The Labute approximate surface area is 263 Å². The lowest BCUT2D eigenvalue weighted by atomic mass is 10.0. The van der Waals surface area contributed by atoms with Crippen LogP contribution >= 0.6 is 11.6 Å². The molecule has 1 aliphatic heterocycles. The highest BCUT2D eigenvalue weighted by molar-refractivity contribution is 7.89. The number of morpholine rings is 1. The number of hydrogen-bond acceptors (Lipinski definition) is 7. The Morgan fingerprint density at radius 1 is 1.00 bits per heavy atom. The average Bonchev–Trinajstić information content (AvgIpc) is 3.05. The van der Waals surface area contributed by atoms with Gasteiger partial charge in [-0.25, -0.2) is 8.42 Å². The van der Waals surface area contributed by atoms with Gasteiger partial charge in [0.05, 0.1) is 18.1 Å². The van der Waals surface area contributed by atoms with E-state index < -0.39 is 22.0 Å². The number of rotatable bonds is 15. The monoisotopic (exact) mass is 643 g/mol. The fourth-order valence-electron chi connectivity index (χ4n) is 4.72. The molecule has 3 aromatic rings. The highest BCUT2D eigenvalue weighted by Gasteiger charge is 2.32. The maximum absolute atomic E-state index is 13.8. The number of halogens is 1. The number of nitrogens with zero attached hydrogens (tertiary/aromatic N) is 2. The van der Waals surface area contributed by atoms with Crippen molar-refractivity contribution in [3.63, 3.8) is 0 Å². The Morgan fingerprint density at radius 3 is 2.34 bits per heavy atom. The van der Waals surface area contributed by atoms with Crippen LogP contribution in [0.25, 0.3) is 0 Å². The van der Waals surface area contributed by atoms with Crippen molar-refractivity contribution in [3.8, 4) is 5.75 Å². The summed E-state index contributed by atoms with van der Waals surface area (Å²) in [6, 6.07) is 21.2. The Kier molecular flexibility index (Phi) is 12.6. The molecule has 3 aromatic carbocycles. The highest BCUT2D eigenvalue weighted by Crippen LogP contribution is 2.26. The van der Waals surface area contributed by atoms with Gasteiger partial charge in [0.2, 0.25) is 15.9 Å². The summed E-state index contributed by atoms with van der Waals surface area (Å²) in [5.74, 6) is -0.432. The number of nitrogens with one attached hydrogen (secondary N) is 1. The molecule has 1 aliphatic rings. The molecule has 0 radical (unpaired) electrons. The summed E-state index contributed by atoms with van der Waals surface area (Å²) in [5, 5.41) is 3.50. The summed E-state index contributed by atoms with van der Waals surface area (Å²) in [6.07, 6.45) is 0.632. The molecule has 12 heteroatoms. The van der Waals surface area contributed by atoms with E-state index in [0.717, 1.165) is 5.56 Å². The second-order valence-electron chi connectivity index (χ2n) is 10.1. The van der Waals surface area contributed by atoms with Gasteiger partial charge in [-0.1, -0.05) is 54.1 Å². The molecule has 0 aromatic heterocycles.